The molecule has 3 heteroatoms. The summed E-state index contributed by atoms with van der Waals surface area (Å²) in [5, 5.41) is 4.23. The molecule has 3 rings (SSSR count). The zero-order chi connectivity index (χ0) is 22.5. The Balaban J connectivity index is 1.76. The Morgan fingerprint density at radius 3 is 1.59 bits per heavy atom. The summed E-state index contributed by atoms with van der Waals surface area (Å²) >= 11 is 0. The van der Waals surface area contributed by atoms with Crippen LogP contribution >= 0.6 is 6.89 Å². The van der Waals surface area contributed by atoms with Crippen molar-refractivity contribution < 1.29 is 9.53 Å². The highest BCUT2D eigenvalue weighted by Gasteiger charge is 2.24. The second-order valence-electron chi connectivity index (χ2n) is 8.02. The van der Waals surface area contributed by atoms with Crippen molar-refractivity contribution in [2.45, 2.75) is 51.9 Å². The van der Waals surface area contributed by atoms with Crippen LogP contribution in [0.2, 0.25) is 0 Å². The average Bonchev–Trinajstić information content (AvgIpc) is 2.85. The van der Waals surface area contributed by atoms with E-state index in [1.807, 2.05) is 6.92 Å². The molecule has 0 N–H and O–H groups in total. The molecular weight excluding hydrogens is 411 g/mol. The van der Waals surface area contributed by atoms with E-state index in [0.717, 1.165) is 19.3 Å². The molecule has 0 aromatic heterocycles. The van der Waals surface area contributed by atoms with Crippen LogP contribution in [0.4, 0.5) is 0 Å². The molecule has 0 aliphatic heterocycles. The van der Waals surface area contributed by atoms with E-state index in [1.165, 1.54) is 35.2 Å². The lowest BCUT2D eigenvalue weighted by Gasteiger charge is -2.29. The van der Waals surface area contributed by atoms with E-state index in [0.29, 0.717) is 13.0 Å². The Bertz CT molecular complexity index is 878. The molecule has 0 radical (unpaired) electrons. The molecule has 0 unspecified atom stereocenters. The lowest BCUT2D eigenvalue weighted by Crippen LogP contribution is -2.26. The number of rotatable bonds is 12. The van der Waals surface area contributed by atoms with Gasteiger partial charge in [0.05, 0.1) is 6.61 Å². The maximum Gasteiger partial charge on any atom is 0.305 e. The van der Waals surface area contributed by atoms with Crippen molar-refractivity contribution in [3.8, 4) is 0 Å². The topological polar surface area (TPSA) is 26.3 Å². The van der Waals surface area contributed by atoms with E-state index in [1.54, 1.807) is 0 Å². The molecule has 0 atom stereocenters. The minimum absolute atomic E-state index is 0.0657. The highest BCUT2D eigenvalue weighted by molar-refractivity contribution is 7.94. The summed E-state index contributed by atoms with van der Waals surface area (Å²) in [5.74, 6) is 2.55. The Hall–Kier alpha value is -2.57. The van der Waals surface area contributed by atoms with Gasteiger partial charge in [-0.25, -0.2) is 0 Å². The van der Waals surface area contributed by atoms with Gasteiger partial charge < -0.3 is 4.74 Å². The number of benzene rings is 3. The van der Waals surface area contributed by atoms with E-state index in [-0.39, 0.29) is 5.97 Å². The molecule has 0 saturated heterocycles. The lowest BCUT2D eigenvalue weighted by atomic mass is 10.1. The van der Waals surface area contributed by atoms with Gasteiger partial charge in [-0.15, -0.1) is 0 Å². The first-order valence-corrected chi connectivity index (χ1v) is 13.7. The van der Waals surface area contributed by atoms with Crippen molar-refractivity contribution in [3.63, 3.8) is 0 Å². The van der Waals surface area contributed by atoms with E-state index in [9.17, 15) is 4.79 Å². The average molecular weight is 447 g/mol. The maximum absolute atomic E-state index is 11.5. The van der Waals surface area contributed by atoms with Crippen molar-refractivity contribution in [1.29, 1.82) is 0 Å². The summed E-state index contributed by atoms with van der Waals surface area (Å²) in [5.41, 5.74) is 0. The summed E-state index contributed by atoms with van der Waals surface area (Å²) in [6.45, 7) is 0.513. The number of carbonyl (C=O) groups excluding carboxylic acids is 1. The van der Waals surface area contributed by atoms with Gasteiger partial charge in [0.25, 0.3) is 0 Å². The van der Waals surface area contributed by atoms with Crippen LogP contribution in [-0.2, 0) is 9.53 Å². The van der Waals surface area contributed by atoms with E-state index >= 15 is 0 Å². The van der Waals surface area contributed by atoms with Gasteiger partial charge in [-0.2, -0.15) is 0 Å². The Morgan fingerprint density at radius 2 is 1.12 bits per heavy atom. The maximum atomic E-state index is 11.5. The Morgan fingerprint density at radius 1 is 0.688 bits per heavy atom. The molecule has 2 nitrogen and oxygen atoms in total. The third-order valence-corrected chi connectivity index (χ3v) is 9.93. The molecular formula is C29H35O2P. The normalized spacial score (nSPS) is 11.2. The fourth-order valence-electron chi connectivity index (χ4n) is 4.21. The van der Waals surface area contributed by atoms with E-state index in [4.69, 9.17) is 4.74 Å². The molecule has 32 heavy (non-hydrogen) atoms. The van der Waals surface area contributed by atoms with Crippen LogP contribution in [-0.4, -0.2) is 18.4 Å². The molecule has 168 valence electrons. The smallest absolute Gasteiger partial charge is 0.305 e. The van der Waals surface area contributed by atoms with E-state index in [2.05, 4.69) is 96.8 Å². The standard InChI is InChI=1S/C29H35O2P/c1-2-31-29(30)24-16-5-3-4-6-17-25-32(26-18-10-7-11-19-26,27-20-12-8-13-21-27)28-22-14-9-15-23-28/h7-15,18-23,25H,2-6,16-17,24H2,1H3. The third kappa shape index (κ3) is 6.47. The van der Waals surface area contributed by atoms with Crippen molar-refractivity contribution >= 4 is 34.6 Å². The molecule has 0 heterocycles. The van der Waals surface area contributed by atoms with Gasteiger partial charge >= 0.3 is 5.97 Å². The minimum atomic E-state index is -1.82. The Labute approximate surface area is 193 Å². The van der Waals surface area contributed by atoms with Gasteiger partial charge in [-0.1, -0.05) is 116 Å². The third-order valence-electron chi connectivity index (χ3n) is 5.78. The van der Waals surface area contributed by atoms with Gasteiger partial charge in [0, 0.05) is 6.42 Å². The minimum Gasteiger partial charge on any atom is -0.466 e. The first-order valence-electron chi connectivity index (χ1n) is 11.8. The molecule has 0 saturated carbocycles. The van der Waals surface area contributed by atoms with Gasteiger partial charge in [-0.05, 0) is 49.0 Å². The van der Waals surface area contributed by atoms with Crippen LogP contribution in [0.15, 0.2) is 91.0 Å². The van der Waals surface area contributed by atoms with Crippen LogP contribution in [0, 0.1) is 0 Å². The first-order chi connectivity index (χ1) is 15.8. The molecule has 0 aliphatic carbocycles. The fraction of sp³-hybridized carbons (Fsp3) is 0.310. The second kappa shape index (κ2) is 13.1. The van der Waals surface area contributed by atoms with Gasteiger partial charge in [0.15, 0.2) is 0 Å². The summed E-state index contributed by atoms with van der Waals surface area (Å²) < 4.78 is 5.01. The largest absolute Gasteiger partial charge is 0.466 e. The highest BCUT2D eigenvalue weighted by atomic mass is 31.2. The van der Waals surface area contributed by atoms with Crippen LogP contribution in [0.1, 0.15) is 51.9 Å². The van der Waals surface area contributed by atoms with Gasteiger partial charge in [0.1, 0.15) is 0 Å². The lowest BCUT2D eigenvalue weighted by molar-refractivity contribution is -0.143. The van der Waals surface area contributed by atoms with Crippen LogP contribution in [0.3, 0.4) is 0 Å². The number of unbranched alkanes of at least 4 members (excludes halogenated alkanes) is 5. The number of ether oxygens (including phenoxy) is 1. The van der Waals surface area contributed by atoms with Crippen LogP contribution in [0.5, 0.6) is 0 Å². The summed E-state index contributed by atoms with van der Waals surface area (Å²) in [7, 11) is 0. The summed E-state index contributed by atoms with van der Waals surface area (Å²) in [6.07, 6.45) is 7.19. The molecule has 3 aromatic carbocycles. The van der Waals surface area contributed by atoms with Gasteiger partial charge in [0.2, 0.25) is 0 Å². The summed E-state index contributed by atoms with van der Waals surface area (Å²) in [6, 6.07) is 33.0. The molecule has 3 aromatic rings. The fourth-order valence-corrected chi connectivity index (χ4v) is 8.24. The predicted molar refractivity (Wildman–Crippen MR) is 140 cm³/mol. The zero-order valence-corrected chi connectivity index (χ0v) is 20.1. The zero-order valence-electron chi connectivity index (χ0n) is 19.2. The van der Waals surface area contributed by atoms with Gasteiger partial charge in [-0.3, -0.25) is 4.79 Å². The highest BCUT2D eigenvalue weighted by Crippen LogP contribution is 2.44. The van der Waals surface area contributed by atoms with E-state index < -0.39 is 6.89 Å². The van der Waals surface area contributed by atoms with Crippen molar-refractivity contribution in [2.24, 2.45) is 0 Å². The SMILES string of the molecule is CCOC(=O)CCCCCCCC=P(c1ccccc1)(c1ccccc1)c1ccccc1. The predicted octanol–water partition coefficient (Wildman–Crippen LogP) is 6.08. The van der Waals surface area contributed by atoms with Crippen LogP contribution in [0.25, 0.3) is 0 Å². The van der Waals surface area contributed by atoms with Crippen molar-refractivity contribution in [1.82, 2.24) is 0 Å². The van der Waals surface area contributed by atoms with Crippen molar-refractivity contribution in [3.05, 3.63) is 91.0 Å². The second-order valence-corrected chi connectivity index (χ2v) is 11.4. The quantitative estimate of drug-likeness (QED) is 0.192. The Kier molecular flexibility index (Phi) is 9.85. The number of hydrogen-bond donors (Lipinski definition) is 0. The number of esters is 1. The summed E-state index contributed by atoms with van der Waals surface area (Å²) in [4.78, 5) is 11.5. The van der Waals surface area contributed by atoms with Crippen LogP contribution < -0.4 is 15.9 Å². The number of carbonyl (C=O) groups is 1. The number of hydrogen-bond acceptors (Lipinski definition) is 2. The molecule has 0 fully saturated rings. The van der Waals surface area contributed by atoms with Crippen molar-refractivity contribution in [2.75, 3.05) is 6.61 Å². The molecule has 0 aliphatic rings. The first kappa shape index (κ1) is 24.1. The molecule has 0 amide bonds. The molecule has 0 spiro atoms. The molecule has 0 bridgehead atoms. The monoisotopic (exact) mass is 446 g/mol.